The van der Waals surface area contributed by atoms with Crippen LogP contribution >= 0.6 is 0 Å². The molecule has 9 nitrogen and oxygen atoms in total. The molecule has 0 spiro atoms. The Morgan fingerprint density at radius 1 is 1.15 bits per heavy atom. The van der Waals surface area contributed by atoms with Gasteiger partial charge in [0, 0.05) is 36.7 Å². The van der Waals surface area contributed by atoms with Crippen LogP contribution in [0.5, 0.6) is 11.8 Å². The van der Waals surface area contributed by atoms with Crippen molar-refractivity contribution in [1.82, 2.24) is 15.3 Å². The molecule has 180 valence electrons. The second kappa shape index (κ2) is 8.17. The van der Waals surface area contributed by atoms with Crippen LogP contribution in [0, 0.1) is 17.0 Å². The van der Waals surface area contributed by atoms with Crippen LogP contribution in [-0.2, 0) is 14.3 Å². The molecule has 0 radical (unpaired) electrons. The minimum absolute atomic E-state index is 0.000815. The third-order valence-corrected chi connectivity index (χ3v) is 7.10. The third kappa shape index (κ3) is 4.56. The van der Waals surface area contributed by atoms with Gasteiger partial charge in [-0.25, -0.2) is 8.78 Å². The van der Waals surface area contributed by atoms with Crippen LogP contribution in [-0.4, -0.2) is 70.1 Å². The van der Waals surface area contributed by atoms with Crippen molar-refractivity contribution in [3.63, 3.8) is 0 Å². The molecule has 2 saturated heterocycles. The maximum absolute atomic E-state index is 14.8. The molecule has 1 aromatic carbocycles. The van der Waals surface area contributed by atoms with Crippen molar-refractivity contribution in [2.24, 2.45) is 5.41 Å². The Balaban J connectivity index is 1.50. The van der Waals surface area contributed by atoms with Gasteiger partial charge >= 0.3 is 6.01 Å². The highest BCUT2D eigenvalue weighted by Gasteiger charge is 2.45. The first-order chi connectivity index (χ1) is 15.7. The highest BCUT2D eigenvalue weighted by Crippen LogP contribution is 2.46. The fourth-order valence-electron chi connectivity index (χ4n) is 4.60. The molecule has 2 atom stereocenters. The van der Waals surface area contributed by atoms with E-state index < -0.39 is 27.2 Å². The predicted octanol–water partition coefficient (Wildman–Crippen LogP) is 1.99. The van der Waals surface area contributed by atoms with Crippen molar-refractivity contribution in [2.75, 3.05) is 44.6 Å². The number of nitrogens with zero attached hydrogens (tertiary/aromatic N) is 3. The Bertz CT molecular complexity index is 1180. The molecular formula is C21H26F2N4O5S. The number of methoxy groups -OCH3 is 1. The Morgan fingerprint density at radius 2 is 1.85 bits per heavy atom. The summed E-state index contributed by atoms with van der Waals surface area (Å²) in [4.78, 5) is 10.8. The smallest absolute Gasteiger partial charge is 0.319 e. The molecule has 1 aromatic heterocycles. The Morgan fingerprint density at radius 3 is 2.45 bits per heavy atom. The lowest BCUT2D eigenvalue weighted by atomic mass is 10.1. The monoisotopic (exact) mass is 484 g/mol. The molecule has 2 unspecified atom stereocenters. The normalized spacial score (nSPS) is 23.7. The number of aromatic nitrogens is 2. The average molecular weight is 485 g/mol. The predicted molar refractivity (Wildman–Crippen MR) is 116 cm³/mol. The molecule has 2 aromatic rings. The number of benzene rings is 1. The summed E-state index contributed by atoms with van der Waals surface area (Å²) in [5.74, 6) is -1.41. The molecule has 0 amide bonds. The van der Waals surface area contributed by atoms with Gasteiger partial charge in [0.15, 0.2) is 17.4 Å². The van der Waals surface area contributed by atoms with Crippen LogP contribution in [0.25, 0.3) is 10.9 Å². The number of anilines is 1. The summed E-state index contributed by atoms with van der Waals surface area (Å²) in [7, 11) is -2.25. The van der Waals surface area contributed by atoms with Crippen LogP contribution in [0.15, 0.2) is 6.07 Å². The maximum atomic E-state index is 14.8. The van der Waals surface area contributed by atoms with Crippen molar-refractivity contribution in [3.8, 4) is 11.8 Å². The summed E-state index contributed by atoms with van der Waals surface area (Å²) in [5, 5.41) is 3.70. The lowest BCUT2D eigenvalue weighted by molar-refractivity contribution is 0.157. The summed E-state index contributed by atoms with van der Waals surface area (Å²) < 4.78 is 68.1. The molecule has 3 heterocycles. The molecule has 2 aliphatic heterocycles. The van der Waals surface area contributed by atoms with Gasteiger partial charge in [0.05, 0.1) is 32.0 Å². The van der Waals surface area contributed by atoms with Gasteiger partial charge in [-0.15, -0.1) is 0 Å². The number of ether oxygens (including phenoxy) is 2. The van der Waals surface area contributed by atoms with Crippen LogP contribution < -0.4 is 19.7 Å². The lowest BCUT2D eigenvalue weighted by Crippen LogP contribution is -2.51. The van der Waals surface area contributed by atoms with Gasteiger partial charge in [0.25, 0.3) is 10.1 Å². The average Bonchev–Trinajstić information content (AvgIpc) is 3.47. The van der Waals surface area contributed by atoms with E-state index in [1.54, 1.807) is 0 Å². The number of halogens is 2. The van der Waals surface area contributed by atoms with Crippen molar-refractivity contribution < 1.29 is 30.9 Å². The molecule has 3 fully saturated rings. The molecule has 1 aliphatic carbocycles. The van der Waals surface area contributed by atoms with E-state index in [2.05, 4.69) is 15.3 Å². The molecule has 12 heteroatoms. The zero-order valence-corrected chi connectivity index (χ0v) is 19.3. The maximum Gasteiger partial charge on any atom is 0.319 e. The zero-order valence-electron chi connectivity index (χ0n) is 18.4. The van der Waals surface area contributed by atoms with Gasteiger partial charge in [-0.2, -0.15) is 18.4 Å². The minimum Gasteiger partial charge on any atom is -0.493 e. The van der Waals surface area contributed by atoms with Gasteiger partial charge < -0.3 is 19.7 Å². The van der Waals surface area contributed by atoms with Gasteiger partial charge in [-0.1, -0.05) is 0 Å². The molecule has 1 N–H and O–H groups in total. The SMILES string of the molecule is COc1c(F)cc(F)c2nc(OCC3(COS(C)(=O)=O)CC3)nc(N3CC4CCC(C3)N4)c12. The van der Waals surface area contributed by atoms with Crippen LogP contribution in [0.1, 0.15) is 25.7 Å². The van der Waals surface area contributed by atoms with E-state index in [4.69, 9.17) is 13.7 Å². The molecule has 5 rings (SSSR count). The van der Waals surface area contributed by atoms with Crippen molar-refractivity contribution in [2.45, 2.75) is 37.8 Å². The van der Waals surface area contributed by atoms with E-state index in [0.29, 0.717) is 18.9 Å². The Kier molecular flexibility index (Phi) is 5.57. The molecule has 33 heavy (non-hydrogen) atoms. The van der Waals surface area contributed by atoms with Crippen molar-refractivity contribution in [3.05, 3.63) is 17.7 Å². The highest BCUT2D eigenvalue weighted by atomic mass is 32.2. The number of hydrogen-bond donors (Lipinski definition) is 1. The quantitative estimate of drug-likeness (QED) is 0.564. The van der Waals surface area contributed by atoms with E-state index >= 15 is 0 Å². The Hall–Kier alpha value is -2.31. The van der Waals surface area contributed by atoms with E-state index in [1.807, 2.05) is 4.90 Å². The van der Waals surface area contributed by atoms with Crippen molar-refractivity contribution in [1.29, 1.82) is 0 Å². The summed E-state index contributed by atoms with van der Waals surface area (Å²) in [6.45, 7) is 1.39. The third-order valence-electron chi connectivity index (χ3n) is 6.56. The first kappa shape index (κ1) is 22.5. The topological polar surface area (TPSA) is 103 Å². The highest BCUT2D eigenvalue weighted by molar-refractivity contribution is 7.85. The van der Waals surface area contributed by atoms with Crippen LogP contribution in [0.3, 0.4) is 0 Å². The van der Waals surface area contributed by atoms with Gasteiger partial charge in [-0.05, 0) is 25.7 Å². The molecule has 1 saturated carbocycles. The molecular weight excluding hydrogens is 458 g/mol. The van der Waals surface area contributed by atoms with E-state index in [0.717, 1.165) is 38.0 Å². The van der Waals surface area contributed by atoms with Crippen molar-refractivity contribution >= 4 is 26.8 Å². The summed E-state index contributed by atoms with van der Waals surface area (Å²) in [5.41, 5.74) is -0.536. The summed E-state index contributed by atoms with van der Waals surface area (Å²) in [6.07, 6.45) is 4.51. The number of rotatable bonds is 8. The lowest BCUT2D eigenvalue weighted by Gasteiger charge is -2.34. The Labute approximate surface area is 190 Å². The summed E-state index contributed by atoms with van der Waals surface area (Å²) in [6, 6.07) is 1.23. The van der Waals surface area contributed by atoms with E-state index in [-0.39, 0.29) is 48.0 Å². The number of hydrogen-bond acceptors (Lipinski definition) is 9. The largest absolute Gasteiger partial charge is 0.493 e. The standard InChI is InChI=1S/C21H26F2N4O5S/c1-30-18-15(23)7-14(22)17-16(18)19(27-8-12-3-4-13(9-27)24-12)26-20(25-17)31-10-21(5-6-21)11-32-33(2,28)29/h7,12-13,24H,3-6,8-11H2,1-2H3. The fraction of sp³-hybridized carbons (Fsp3) is 0.619. The van der Waals surface area contributed by atoms with Crippen LogP contribution in [0.2, 0.25) is 0 Å². The van der Waals surface area contributed by atoms with Gasteiger partial charge in [-0.3, -0.25) is 4.18 Å². The minimum atomic E-state index is -3.57. The molecule has 2 bridgehead atoms. The first-order valence-corrected chi connectivity index (χ1v) is 12.7. The van der Waals surface area contributed by atoms with E-state index in [1.165, 1.54) is 7.11 Å². The molecule has 3 aliphatic rings. The van der Waals surface area contributed by atoms with Gasteiger partial charge in [0.2, 0.25) is 0 Å². The van der Waals surface area contributed by atoms with E-state index in [9.17, 15) is 17.2 Å². The number of fused-ring (bicyclic) bond motifs is 3. The van der Waals surface area contributed by atoms with Crippen LogP contribution in [0.4, 0.5) is 14.6 Å². The second-order valence-electron chi connectivity index (χ2n) is 9.22. The van der Waals surface area contributed by atoms with Gasteiger partial charge in [0.1, 0.15) is 11.3 Å². The first-order valence-electron chi connectivity index (χ1n) is 10.9. The fourth-order valence-corrected chi connectivity index (χ4v) is 5.06. The number of piperazine rings is 1. The summed E-state index contributed by atoms with van der Waals surface area (Å²) >= 11 is 0. The second-order valence-corrected chi connectivity index (χ2v) is 10.9. The zero-order chi connectivity index (χ0) is 23.4. The number of nitrogens with one attached hydrogen (secondary N) is 1.